The van der Waals surface area contributed by atoms with Crippen LogP contribution in [0, 0.1) is 0 Å². The average Bonchev–Trinajstić information content (AvgIpc) is 3.24. The van der Waals surface area contributed by atoms with Gasteiger partial charge in [0.05, 0.1) is 0 Å². The molecule has 0 N–H and O–H groups in total. The van der Waals surface area contributed by atoms with Crippen molar-refractivity contribution in [2.24, 2.45) is 0 Å². The minimum atomic E-state index is -0.0556. The third kappa shape index (κ3) is 4.53. The number of nitrogens with zero attached hydrogens (tertiary/aromatic N) is 1. The number of fused-ring (bicyclic) bond motifs is 3. The highest BCUT2D eigenvalue weighted by Gasteiger charge is 2.35. The van der Waals surface area contributed by atoms with Crippen molar-refractivity contribution in [2.75, 3.05) is 4.90 Å². The molecule has 0 spiro atoms. The Kier molecular flexibility index (Phi) is 6.26. The molecule has 0 saturated carbocycles. The van der Waals surface area contributed by atoms with E-state index in [0.29, 0.717) is 5.02 Å². The van der Waals surface area contributed by atoms with Crippen LogP contribution >= 0.6 is 11.6 Å². The number of anilines is 3. The summed E-state index contributed by atoms with van der Waals surface area (Å²) in [7, 11) is 0. The first-order valence-corrected chi connectivity index (χ1v) is 14.4. The molecule has 41 heavy (non-hydrogen) atoms. The molecule has 0 radical (unpaired) electrons. The Morgan fingerprint density at radius 1 is 0.439 bits per heavy atom. The van der Waals surface area contributed by atoms with Crippen LogP contribution in [0.25, 0.3) is 33.4 Å². The van der Waals surface area contributed by atoms with Crippen LogP contribution in [0.1, 0.15) is 25.0 Å². The fourth-order valence-corrected chi connectivity index (χ4v) is 6.44. The molecule has 6 aromatic rings. The van der Waals surface area contributed by atoms with E-state index in [1.54, 1.807) is 0 Å². The third-order valence-corrected chi connectivity index (χ3v) is 8.52. The van der Waals surface area contributed by atoms with Gasteiger partial charge in [-0.15, -0.1) is 0 Å². The van der Waals surface area contributed by atoms with E-state index < -0.39 is 0 Å². The normalized spacial score (nSPS) is 13.0. The smallest absolute Gasteiger partial charge is 0.0482 e. The van der Waals surface area contributed by atoms with Gasteiger partial charge in [0.1, 0.15) is 0 Å². The Morgan fingerprint density at radius 3 is 1.78 bits per heavy atom. The zero-order valence-corrected chi connectivity index (χ0v) is 23.9. The van der Waals surface area contributed by atoms with Gasteiger partial charge in [0.15, 0.2) is 0 Å². The lowest BCUT2D eigenvalue weighted by Crippen LogP contribution is -2.14. The van der Waals surface area contributed by atoms with Gasteiger partial charge in [-0.3, -0.25) is 0 Å². The summed E-state index contributed by atoms with van der Waals surface area (Å²) in [5, 5.41) is 0.711. The van der Waals surface area contributed by atoms with Crippen LogP contribution in [0.15, 0.2) is 146 Å². The molecule has 1 aliphatic carbocycles. The molecule has 0 fully saturated rings. The van der Waals surface area contributed by atoms with Gasteiger partial charge in [-0.1, -0.05) is 123 Å². The molecule has 0 unspecified atom stereocenters. The zero-order chi connectivity index (χ0) is 28.0. The van der Waals surface area contributed by atoms with Gasteiger partial charge in [0.25, 0.3) is 0 Å². The lowest BCUT2D eigenvalue weighted by Gasteiger charge is -2.26. The molecule has 6 aromatic carbocycles. The van der Waals surface area contributed by atoms with Crippen molar-refractivity contribution in [1.29, 1.82) is 0 Å². The molecule has 0 amide bonds. The molecule has 198 valence electrons. The number of para-hydroxylation sites is 1. The van der Waals surface area contributed by atoms with E-state index in [4.69, 9.17) is 11.6 Å². The van der Waals surface area contributed by atoms with Crippen LogP contribution in [0.5, 0.6) is 0 Å². The molecule has 0 atom stereocenters. The Labute approximate surface area is 247 Å². The summed E-state index contributed by atoms with van der Waals surface area (Å²) in [5.41, 5.74) is 13.2. The van der Waals surface area contributed by atoms with E-state index in [1.165, 1.54) is 38.9 Å². The van der Waals surface area contributed by atoms with E-state index in [0.717, 1.165) is 22.6 Å². The van der Waals surface area contributed by atoms with Crippen molar-refractivity contribution >= 4 is 28.7 Å². The van der Waals surface area contributed by atoms with Crippen LogP contribution in [-0.2, 0) is 5.41 Å². The lowest BCUT2D eigenvalue weighted by molar-refractivity contribution is 0.660. The summed E-state index contributed by atoms with van der Waals surface area (Å²) in [6, 6.07) is 51.7. The number of rotatable bonds is 5. The molecule has 0 bridgehead atoms. The Bertz CT molecular complexity index is 1850. The molecule has 1 nitrogen and oxygen atoms in total. The molecule has 0 aliphatic heterocycles. The first kappa shape index (κ1) is 25.4. The first-order valence-electron chi connectivity index (χ1n) is 14.0. The van der Waals surface area contributed by atoms with Crippen LogP contribution in [0.4, 0.5) is 17.1 Å². The summed E-state index contributed by atoms with van der Waals surface area (Å²) in [5.74, 6) is 0. The lowest BCUT2D eigenvalue weighted by atomic mass is 9.81. The topological polar surface area (TPSA) is 3.24 Å². The summed E-state index contributed by atoms with van der Waals surface area (Å²) in [6.45, 7) is 4.64. The highest BCUT2D eigenvalue weighted by molar-refractivity contribution is 6.31. The van der Waals surface area contributed by atoms with Gasteiger partial charge in [-0.05, 0) is 93.0 Å². The molecule has 0 heterocycles. The molecule has 0 aromatic heterocycles. The van der Waals surface area contributed by atoms with Gasteiger partial charge < -0.3 is 4.90 Å². The fraction of sp³-hybridized carbons (Fsp3) is 0.0769. The van der Waals surface area contributed by atoms with E-state index in [-0.39, 0.29) is 5.41 Å². The maximum absolute atomic E-state index is 6.84. The predicted molar refractivity (Wildman–Crippen MR) is 175 cm³/mol. The fourth-order valence-electron chi connectivity index (χ4n) is 6.21. The number of halogens is 1. The van der Waals surface area contributed by atoms with Gasteiger partial charge >= 0.3 is 0 Å². The average molecular weight is 548 g/mol. The number of benzene rings is 6. The Hall–Kier alpha value is -4.59. The van der Waals surface area contributed by atoms with Gasteiger partial charge in [0.2, 0.25) is 0 Å². The summed E-state index contributed by atoms with van der Waals surface area (Å²) in [6.07, 6.45) is 0. The van der Waals surface area contributed by atoms with Crippen LogP contribution < -0.4 is 4.90 Å². The van der Waals surface area contributed by atoms with Crippen molar-refractivity contribution in [3.63, 3.8) is 0 Å². The van der Waals surface area contributed by atoms with Crippen LogP contribution in [0.3, 0.4) is 0 Å². The molecule has 1 aliphatic rings. The highest BCUT2D eigenvalue weighted by Crippen LogP contribution is 2.50. The SMILES string of the molecule is CC1(C)c2ccccc2-c2ccc(-c3cc(Cl)cc(N(c4ccccc4)c4ccc(-c5ccccc5)cc4)c3)cc21. The number of hydrogen-bond acceptors (Lipinski definition) is 1. The minimum Gasteiger partial charge on any atom is -0.310 e. The molecule has 0 saturated heterocycles. The van der Waals surface area contributed by atoms with E-state index >= 15 is 0 Å². The van der Waals surface area contributed by atoms with E-state index in [9.17, 15) is 0 Å². The summed E-state index contributed by atoms with van der Waals surface area (Å²) < 4.78 is 0. The minimum absolute atomic E-state index is 0.0556. The van der Waals surface area contributed by atoms with Crippen LogP contribution in [0.2, 0.25) is 5.02 Å². The highest BCUT2D eigenvalue weighted by atomic mass is 35.5. The maximum atomic E-state index is 6.84. The van der Waals surface area contributed by atoms with Gasteiger partial charge in [-0.25, -0.2) is 0 Å². The monoisotopic (exact) mass is 547 g/mol. The Morgan fingerprint density at radius 2 is 1.02 bits per heavy atom. The molecular weight excluding hydrogens is 518 g/mol. The summed E-state index contributed by atoms with van der Waals surface area (Å²) >= 11 is 6.84. The van der Waals surface area contributed by atoms with Gasteiger partial charge in [0, 0.05) is 27.5 Å². The van der Waals surface area contributed by atoms with Crippen molar-refractivity contribution < 1.29 is 0 Å². The van der Waals surface area contributed by atoms with Crippen molar-refractivity contribution in [3.8, 4) is 33.4 Å². The number of hydrogen-bond donors (Lipinski definition) is 0. The quantitative estimate of drug-likeness (QED) is 0.207. The van der Waals surface area contributed by atoms with E-state index in [1.807, 2.05) is 12.1 Å². The second-order valence-corrected chi connectivity index (χ2v) is 11.6. The maximum Gasteiger partial charge on any atom is 0.0482 e. The second-order valence-electron chi connectivity index (χ2n) is 11.2. The third-order valence-electron chi connectivity index (χ3n) is 8.30. The van der Waals surface area contributed by atoms with Crippen molar-refractivity contribution in [3.05, 3.63) is 162 Å². The second kappa shape index (κ2) is 10.1. The standard InChI is InChI=1S/C39H30ClN/c1-39(2)37-16-10-9-15-35(37)36-22-19-29(25-38(36)39)30-23-31(40)26-34(24-30)41(32-13-7-4-8-14-32)33-20-17-28(18-21-33)27-11-5-3-6-12-27/h3-26H,1-2H3. The van der Waals surface area contributed by atoms with Crippen molar-refractivity contribution in [2.45, 2.75) is 19.3 Å². The van der Waals surface area contributed by atoms with Crippen LogP contribution in [-0.4, -0.2) is 0 Å². The Balaban J connectivity index is 1.32. The largest absolute Gasteiger partial charge is 0.310 e. The molecule has 7 rings (SSSR count). The van der Waals surface area contributed by atoms with E-state index in [2.05, 4.69) is 152 Å². The molecule has 2 heteroatoms. The van der Waals surface area contributed by atoms with Gasteiger partial charge in [-0.2, -0.15) is 0 Å². The zero-order valence-electron chi connectivity index (χ0n) is 23.2. The predicted octanol–water partition coefficient (Wildman–Crippen LogP) is 11.5. The summed E-state index contributed by atoms with van der Waals surface area (Å²) in [4.78, 5) is 2.28. The first-order chi connectivity index (χ1) is 20.0. The van der Waals surface area contributed by atoms with Crippen molar-refractivity contribution in [1.82, 2.24) is 0 Å². The molecular formula is C39H30ClN.